The van der Waals surface area contributed by atoms with Crippen LogP contribution in [0.25, 0.3) is 0 Å². The lowest BCUT2D eigenvalue weighted by Gasteiger charge is -2.30. The van der Waals surface area contributed by atoms with Gasteiger partial charge < -0.3 is 15.0 Å². The van der Waals surface area contributed by atoms with Gasteiger partial charge in [0.2, 0.25) is 21.8 Å². The summed E-state index contributed by atoms with van der Waals surface area (Å²) >= 11 is 0. The van der Waals surface area contributed by atoms with Crippen molar-refractivity contribution in [1.29, 1.82) is 0 Å². The largest absolute Gasteiger partial charge is 0.497 e. The van der Waals surface area contributed by atoms with Gasteiger partial charge in [0.1, 0.15) is 5.75 Å². The number of sulfonamides is 1. The lowest BCUT2D eigenvalue weighted by Crippen LogP contribution is -2.43. The van der Waals surface area contributed by atoms with E-state index in [4.69, 9.17) is 4.74 Å². The minimum atomic E-state index is -3.58. The normalized spacial score (nSPS) is 18.6. The number of hydrogen-bond acceptors (Lipinski definition) is 5. The van der Waals surface area contributed by atoms with E-state index < -0.39 is 10.0 Å². The zero-order chi connectivity index (χ0) is 20.9. The molecule has 0 radical (unpaired) electrons. The summed E-state index contributed by atoms with van der Waals surface area (Å²) in [6, 6.07) is 6.31. The van der Waals surface area contributed by atoms with Crippen LogP contribution in [-0.4, -0.2) is 69.3 Å². The average molecular weight is 424 g/mol. The number of benzene rings is 1. The van der Waals surface area contributed by atoms with E-state index in [0.29, 0.717) is 44.6 Å². The van der Waals surface area contributed by atoms with E-state index in [2.05, 4.69) is 5.32 Å². The summed E-state index contributed by atoms with van der Waals surface area (Å²) in [6.07, 6.45) is 3.37. The standard InChI is InChI=1S/C20H29N3O5S/c1-28-17-4-6-18(7-5-17)29(26,27)23-14-9-16(10-15-23)20(25)21-11-8-19(24)22-12-2-3-13-22/h4-7,16H,2-3,8-15H2,1H3,(H,21,25). The van der Waals surface area contributed by atoms with Crippen molar-refractivity contribution in [1.82, 2.24) is 14.5 Å². The number of likely N-dealkylation sites (tertiary alicyclic amines) is 1. The van der Waals surface area contributed by atoms with Gasteiger partial charge in [-0.15, -0.1) is 0 Å². The molecular formula is C20H29N3O5S. The molecule has 8 nitrogen and oxygen atoms in total. The molecule has 1 aromatic rings. The summed E-state index contributed by atoms with van der Waals surface area (Å²) in [5.41, 5.74) is 0. The Hall–Kier alpha value is -2.13. The smallest absolute Gasteiger partial charge is 0.243 e. The summed E-state index contributed by atoms with van der Waals surface area (Å²) in [5, 5.41) is 2.84. The first-order valence-electron chi connectivity index (χ1n) is 10.1. The second kappa shape index (κ2) is 9.58. The lowest BCUT2D eigenvalue weighted by molar-refractivity contribution is -0.130. The quantitative estimate of drug-likeness (QED) is 0.712. The van der Waals surface area contributed by atoms with E-state index in [0.717, 1.165) is 25.9 Å². The molecule has 9 heteroatoms. The molecule has 3 rings (SSSR count). The fourth-order valence-corrected chi connectivity index (χ4v) is 5.29. The molecule has 2 heterocycles. The average Bonchev–Trinajstić information content (AvgIpc) is 3.29. The van der Waals surface area contributed by atoms with Crippen molar-refractivity contribution in [2.45, 2.75) is 37.0 Å². The third-order valence-electron chi connectivity index (χ3n) is 5.62. The van der Waals surface area contributed by atoms with Crippen molar-refractivity contribution >= 4 is 21.8 Å². The molecule has 0 spiro atoms. The van der Waals surface area contributed by atoms with Crippen LogP contribution in [-0.2, 0) is 19.6 Å². The van der Waals surface area contributed by atoms with Crippen molar-refractivity contribution in [2.24, 2.45) is 5.92 Å². The molecule has 0 saturated carbocycles. The van der Waals surface area contributed by atoms with E-state index in [1.807, 2.05) is 4.90 Å². The topological polar surface area (TPSA) is 96.0 Å². The fraction of sp³-hybridized carbons (Fsp3) is 0.600. The van der Waals surface area contributed by atoms with Gasteiger partial charge in [-0.05, 0) is 49.9 Å². The number of carbonyl (C=O) groups is 2. The molecule has 1 aromatic carbocycles. The molecule has 2 fully saturated rings. The molecule has 0 atom stereocenters. The number of ether oxygens (including phenoxy) is 1. The molecule has 2 amide bonds. The fourth-order valence-electron chi connectivity index (χ4n) is 3.82. The van der Waals surface area contributed by atoms with Gasteiger partial charge in [-0.2, -0.15) is 4.31 Å². The van der Waals surface area contributed by atoms with E-state index in [1.54, 1.807) is 12.1 Å². The van der Waals surface area contributed by atoms with Crippen LogP contribution in [0.5, 0.6) is 5.75 Å². The molecule has 0 bridgehead atoms. The van der Waals surface area contributed by atoms with Crippen molar-refractivity contribution in [3.8, 4) is 5.75 Å². The number of nitrogens with one attached hydrogen (secondary N) is 1. The SMILES string of the molecule is COc1ccc(S(=O)(=O)N2CCC(C(=O)NCCC(=O)N3CCCC3)CC2)cc1. The zero-order valence-electron chi connectivity index (χ0n) is 16.8. The number of carbonyl (C=O) groups excluding carboxylic acids is 2. The Morgan fingerprint density at radius 3 is 2.28 bits per heavy atom. The Bertz CT molecular complexity index is 811. The number of piperidine rings is 1. The van der Waals surface area contributed by atoms with Gasteiger partial charge in [-0.1, -0.05) is 0 Å². The van der Waals surface area contributed by atoms with Crippen LogP contribution in [0.15, 0.2) is 29.2 Å². The van der Waals surface area contributed by atoms with Gasteiger partial charge in [0, 0.05) is 45.1 Å². The van der Waals surface area contributed by atoms with Gasteiger partial charge in [0.25, 0.3) is 0 Å². The van der Waals surface area contributed by atoms with Crippen molar-refractivity contribution in [2.75, 3.05) is 39.8 Å². The second-order valence-electron chi connectivity index (χ2n) is 7.48. The van der Waals surface area contributed by atoms with Gasteiger partial charge in [-0.3, -0.25) is 9.59 Å². The first-order chi connectivity index (χ1) is 13.9. The highest BCUT2D eigenvalue weighted by Gasteiger charge is 2.32. The highest BCUT2D eigenvalue weighted by atomic mass is 32.2. The summed E-state index contributed by atoms with van der Waals surface area (Å²) in [7, 11) is -2.05. The number of rotatable bonds is 7. The van der Waals surface area contributed by atoms with Crippen LogP contribution >= 0.6 is 0 Å². The molecule has 0 aliphatic carbocycles. The summed E-state index contributed by atoms with van der Waals surface area (Å²) < 4.78 is 32.1. The Labute approximate surface area is 172 Å². The Kier molecular flexibility index (Phi) is 7.13. The highest BCUT2D eigenvalue weighted by Crippen LogP contribution is 2.25. The molecular weight excluding hydrogens is 394 g/mol. The zero-order valence-corrected chi connectivity index (χ0v) is 17.6. The monoisotopic (exact) mass is 423 g/mol. The van der Waals surface area contributed by atoms with Crippen LogP contribution in [0.2, 0.25) is 0 Å². The van der Waals surface area contributed by atoms with E-state index in [1.165, 1.54) is 23.5 Å². The maximum atomic E-state index is 12.8. The Morgan fingerprint density at radius 2 is 1.69 bits per heavy atom. The predicted molar refractivity (Wildman–Crippen MR) is 108 cm³/mol. The number of hydrogen-bond donors (Lipinski definition) is 1. The molecule has 2 aliphatic heterocycles. The van der Waals surface area contributed by atoms with Crippen molar-refractivity contribution in [3.05, 3.63) is 24.3 Å². The van der Waals surface area contributed by atoms with Gasteiger partial charge in [0.15, 0.2) is 0 Å². The maximum Gasteiger partial charge on any atom is 0.243 e. The maximum absolute atomic E-state index is 12.8. The molecule has 1 N–H and O–H groups in total. The van der Waals surface area contributed by atoms with Crippen LogP contribution in [0, 0.1) is 5.92 Å². The molecule has 2 aliphatic rings. The lowest BCUT2D eigenvalue weighted by atomic mass is 9.97. The van der Waals surface area contributed by atoms with Crippen LogP contribution in [0.1, 0.15) is 32.1 Å². The van der Waals surface area contributed by atoms with Crippen molar-refractivity contribution < 1.29 is 22.7 Å². The highest BCUT2D eigenvalue weighted by molar-refractivity contribution is 7.89. The third kappa shape index (κ3) is 5.27. The molecule has 29 heavy (non-hydrogen) atoms. The van der Waals surface area contributed by atoms with Crippen LogP contribution in [0.3, 0.4) is 0 Å². The number of amides is 2. The number of methoxy groups -OCH3 is 1. The minimum Gasteiger partial charge on any atom is -0.497 e. The van der Waals surface area contributed by atoms with Gasteiger partial charge in [0.05, 0.1) is 12.0 Å². The van der Waals surface area contributed by atoms with Gasteiger partial charge in [-0.25, -0.2) is 8.42 Å². The van der Waals surface area contributed by atoms with E-state index in [9.17, 15) is 18.0 Å². The van der Waals surface area contributed by atoms with Crippen LogP contribution in [0.4, 0.5) is 0 Å². The predicted octanol–water partition coefficient (Wildman–Crippen LogP) is 1.22. The first-order valence-corrected chi connectivity index (χ1v) is 11.6. The van der Waals surface area contributed by atoms with Crippen molar-refractivity contribution in [3.63, 3.8) is 0 Å². The van der Waals surface area contributed by atoms with E-state index >= 15 is 0 Å². The van der Waals surface area contributed by atoms with Gasteiger partial charge >= 0.3 is 0 Å². The molecule has 0 aromatic heterocycles. The third-order valence-corrected chi connectivity index (χ3v) is 7.53. The molecule has 2 saturated heterocycles. The molecule has 0 unspecified atom stereocenters. The number of nitrogens with zero attached hydrogens (tertiary/aromatic N) is 2. The van der Waals surface area contributed by atoms with E-state index in [-0.39, 0.29) is 22.6 Å². The molecule has 160 valence electrons. The van der Waals surface area contributed by atoms with Crippen LogP contribution < -0.4 is 10.1 Å². The first kappa shape index (κ1) is 21.6. The summed E-state index contributed by atoms with van der Waals surface area (Å²) in [4.78, 5) is 26.5. The Balaban J connectivity index is 1.45. The second-order valence-corrected chi connectivity index (χ2v) is 9.42. The minimum absolute atomic E-state index is 0.0863. The summed E-state index contributed by atoms with van der Waals surface area (Å²) in [5.74, 6) is 0.366. The Morgan fingerprint density at radius 1 is 1.07 bits per heavy atom. The summed E-state index contributed by atoms with van der Waals surface area (Å²) in [6.45, 7) is 2.57.